The van der Waals surface area contributed by atoms with Crippen LogP contribution in [0.25, 0.3) is 0 Å². The van der Waals surface area contributed by atoms with Crippen LogP contribution in [0.5, 0.6) is 0 Å². The molecule has 0 aliphatic rings. The first-order valence-electron chi connectivity index (χ1n) is 4.75. The van der Waals surface area contributed by atoms with Gasteiger partial charge >= 0.3 is 0 Å². The van der Waals surface area contributed by atoms with E-state index in [1.807, 2.05) is 32.9 Å². The van der Waals surface area contributed by atoms with Crippen molar-refractivity contribution in [1.82, 2.24) is 9.88 Å². The van der Waals surface area contributed by atoms with Gasteiger partial charge in [-0.25, -0.2) is 0 Å². The quantitative estimate of drug-likeness (QED) is 0.715. The van der Waals surface area contributed by atoms with Crippen molar-refractivity contribution in [3.63, 3.8) is 0 Å². The molecule has 0 aromatic carbocycles. The zero-order valence-corrected chi connectivity index (χ0v) is 9.16. The molecular formula is C11H16N2O. The third-order valence-corrected chi connectivity index (χ3v) is 2.15. The smallest absolute Gasteiger partial charge is 0.253 e. The maximum Gasteiger partial charge on any atom is 0.253 e. The van der Waals surface area contributed by atoms with Crippen LogP contribution in [0, 0.1) is 13.8 Å². The Morgan fingerprint density at radius 1 is 1.36 bits per heavy atom. The molecule has 0 spiro atoms. The van der Waals surface area contributed by atoms with E-state index in [1.165, 1.54) is 0 Å². The van der Waals surface area contributed by atoms with E-state index >= 15 is 0 Å². The molecule has 0 bridgehead atoms. The maximum absolute atomic E-state index is 11.8. The molecule has 0 aliphatic heterocycles. The Kier molecular flexibility index (Phi) is 3.23. The number of carbonyl (C=O) groups excluding carboxylic acids is 1. The molecule has 0 radical (unpaired) electrons. The average molecular weight is 192 g/mol. The summed E-state index contributed by atoms with van der Waals surface area (Å²) in [6.45, 7) is 6.48. The van der Waals surface area contributed by atoms with Gasteiger partial charge in [0.05, 0.1) is 0 Å². The minimum Gasteiger partial charge on any atom is -0.342 e. The fourth-order valence-electron chi connectivity index (χ4n) is 1.32. The topological polar surface area (TPSA) is 33.2 Å². The van der Waals surface area contributed by atoms with Gasteiger partial charge in [0.2, 0.25) is 0 Å². The highest BCUT2D eigenvalue weighted by Gasteiger charge is 2.10. The van der Waals surface area contributed by atoms with E-state index < -0.39 is 0 Å². The van der Waals surface area contributed by atoms with E-state index in [2.05, 4.69) is 4.98 Å². The molecule has 0 unspecified atom stereocenters. The zero-order chi connectivity index (χ0) is 10.7. The molecule has 1 aromatic rings. The van der Waals surface area contributed by atoms with E-state index in [1.54, 1.807) is 11.9 Å². The van der Waals surface area contributed by atoms with Crippen LogP contribution < -0.4 is 0 Å². The lowest BCUT2D eigenvalue weighted by molar-refractivity contribution is 0.0802. The largest absolute Gasteiger partial charge is 0.342 e. The van der Waals surface area contributed by atoms with E-state index in [-0.39, 0.29) is 5.91 Å². The van der Waals surface area contributed by atoms with Crippen molar-refractivity contribution >= 4 is 5.91 Å². The summed E-state index contributed by atoms with van der Waals surface area (Å²) in [5, 5.41) is 0. The van der Waals surface area contributed by atoms with Crippen molar-refractivity contribution in [2.24, 2.45) is 0 Å². The van der Waals surface area contributed by atoms with Crippen LogP contribution in [0.15, 0.2) is 12.1 Å². The standard InChI is InChI=1S/C11H16N2O/c1-5-13(4)11(14)10-6-8(2)12-9(3)7-10/h6-7H,5H2,1-4H3. The maximum atomic E-state index is 11.8. The zero-order valence-electron chi connectivity index (χ0n) is 9.16. The Balaban J connectivity index is 3.01. The lowest BCUT2D eigenvalue weighted by atomic mass is 10.2. The van der Waals surface area contributed by atoms with Crippen molar-refractivity contribution in [1.29, 1.82) is 0 Å². The van der Waals surface area contributed by atoms with Gasteiger partial charge in [0.25, 0.3) is 5.91 Å². The number of rotatable bonds is 2. The molecule has 0 atom stereocenters. The van der Waals surface area contributed by atoms with Crippen LogP contribution in [-0.2, 0) is 0 Å². The third-order valence-electron chi connectivity index (χ3n) is 2.15. The second-order valence-corrected chi connectivity index (χ2v) is 3.46. The highest BCUT2D eigenvalue weighted by Crippen LogP contribution is 2.07. The Bertz CT molecular complexity index is 327. The van der Waals surface area contributed by atoms with Gasteiger partial charge in [-0.15, -0.1) is 0 Å². The lowest BCUT2D eigenvalue weighted by Gasteiger charge is -2.14. The van der Waals surface area contributed by atoms with Crippen LogP contribution in [0.3, 0.4) is 0 Å². The van der Waals surface area contributed by atoms with Crippen molar-refractivity contribution in [3.05, 3.63) is 29.1 Å². The van der Waals surface area contributed by atoms with Gasteiger partial charge in [-0.2, -0.15) is 0 Å². The summed E-state index contributed by atoms with van der Waals surface area (Å²) < 4.78 is 0. The molecule has 1 amide bonds. The van der Waals surface area contributed by atoms with Gasteiger partial charge in [0.15, 0.2) is 0 Å². The van der Waals surface area contributed by atoms with E-state index in [9.17, 15) is 4.79 Å². The van der Waals surface area contributed by atoms with Crippen LogP contribution in [0.4, 0.5) is 0 Å². The minimum atomic E-state index is 0.0566. The molecule has 1 heterocycles. The normalized spacial score (nSPS) is 10.0. The van der Waals surface area contributed by atoms with Gasteiger partial charge in [0, 0.05) is 30.5 Å². The molecule has 14 heavy (non-hydrogen) atoms. The van der Waals surface area contributed by atoms with Crippen molar-refractivity contribution < 1.29 is 4.79 Å². The summed E-state index contributed by atoms with van der Waals surface area (Å²) in [5.41, 5.74) is 2.50. The van der Waals surface area contributed by atoms with Crippen LogP contribution in [0.1, 0.15) is 28.7 Å². The molecule has 0 N–H and O–H groups in total. The molecular weight excluding hydrogens is 176 g/mol. The second kappa shape index (κ2) is 4.22. The van der Waals surface area contributed by atoms with Gasteiger partial charge in [-0.1, -0.05) is 0 Å². The van der Waals surface area contributed by atoms with Crippen molar-refractivity contribution in [2.45, 2.75) is 20.8 Å². The van der Waals surface area contributed by atoms with Gasteiger partial charge in [-0.05, 0) is 32.9 Å². The summed E-state index contributed by atoms with van der Waals surface area (Å²) >= 11 is 0. The summed E-state index contributed by atoms with van der Waals surface area (Å²) in [5.74, 6) is 0.0566. The number of pyridine rings is 1. The molecule has 0 fully saturated rings. The Morgan fingerprint density at radius 2 is 1.86 bits per heavy atom. The predicted molar refractivity (Wildman–Crippen MR) is 56.3 cm³/mol. The lowest BCUT2D eigenvalue weighted by Crippen LogP contribution is -2.26. The second-order valence-electron chi connectivity index (χ2n) is 3.46. The highest BCUT2D eigenvalue weighted by atomic mass is 16.2. The number of hydrogen-bond acceptors (Lipinski definition) is 2. The van der Waals surface area contributed by atoms with E-state index in [4.69, 9.17) is 0 Å². The van der Waals surface area contributed by atoms with Crippen LogP contribution in [0.2, 0.25) is 0 Å². The average Bonchev–Trinajstić information content (AvgIpc) is 2.14. The number of carbonyl (C=O) groups is 1. The molecule has 1 rings (SSSR count). The molecule has 0 saturated carbocycles. The van der Waals surface area contributed by atoms with Gasteiger partial charge in [-0.3, -0.25) is 9.78 Å². The Morgan fingerprint density at radius 3 is 2.29 bits per heavy atom. The van der Waals surface area contributed by atoms with Crippen LogP contribution in [-0.4, -0.2) is 29.4 Å². The monoisotopic (exact) mass is 192 g/mol. The first kappa shape index (κ1) is 10.7. The summed E-state index contributed by atoms with van der Waals surface area (Å²) in [7, 11) is 1.80. The van der Waals surface area contributed by atoms with Gasteiger partial charge in [0.1, 0.15) is 0 Å². The number of aryl methyl sites for hydroxylation is 2. The number of aromatic nitrogens is 1. The van der Waals surface area contributed by atoms with Crippen molar-refractivity contribution in [3.8, 4) is 0 Å². The number of nitrogens with zero attached hydrogens (tertiary/aromatic N) is 2. The van der Waals surface area contributed by atoms with Gasteiger partial charge < -0.3 is 4.90 Å². The summed E-state index contributed by atoms with van der Waals surface area (Å²) in [6, 6.07) is 3.64. The fraction of sp³-hybridized carbons (Fsp3) is 0.455. The molecule has 3 nitrogen and oxygen atoms in total. The van der Waals surface area contributed by atoms with Crippen molar-refractivity contribution in [2.75, 3.05) is 13.6 Å². The highest BCUT2D eigenvalue weighted by molar-refractivity contribution is 5.94. The first-order chi connectivity index (χ1) is 6.54. The molecule has 3 heteroatoms. The molecule has 1 aromatic heterocycles. The Labute approximate surface area is 84.8 Å². The number of amides is 1. The molecule has 76 valence electrons. The molecule has 0 saturated heterocycles. The molecule has 0 aliphatic carbocycles. The number of hydrogen-bond donors (Lipinski definition) is 0. The first-order valence-corrected chi connectivity index (χ1v) is 4.75. The SMILES string of the molecule is CCN(C)C(=O)c1cc(C)nc(C)c1. The van der Waals surface area contributed by atoms with E-state index in [0.717, 1.165) is 23.5 Å². The van der Waals surface area contributed by atoms with E-state index in [0.29, 0.717) is 0 Å². The van der Waals surface area contributed by atoms with Crippen LogP contribution >= 0.6 is 0 Å². The minimum absolute atomic E-state index is 0.0566. The fourth-order valence-corrected chi connectivity index (χ4v) is 1.32. The Hall–Kier alpha value is -1.38. The summed E-state index contributed by atoms with van der Waals surface area (Å²) in [6.07, 6.45) is 0. The summed E-state index contributed by atoms with van der Waals surface area (Å²) in [4.78, 5) is 17.7. The third kappa shape index (κ3) is 2.31. The predicted octanol–water partition coefficient (Wildman–Crippen LogP) is 1.79.